The minimum absolute atomic E-state index is 0.0295. The molecule has 1 aromatic carbocycles. The minimum atomic E-state index is -1.42. The number of anilines is 1. The zero-order valence-electron chi connectivity index (χ0n) is 36.9. The van der Waals surface area contributed by atoms with Crippen LogP contribution in [-0.2, 0) is 23.9 Å². The van der Waals surface area contributed by atoms with E-state index in [1.165, 1.54) is 22.7 Å². The third-order valence-corrected chi connectivity index (χ3v) is 14.2. The number of ether oxygens (including phenoxy) is 4. The highest BCUT2D eigenvalue weighted by Gasteiger charge is 2.61. The number of benzene rings is 1. The van der Waals surface area contributed by atoms with Crippen LogP contribution in [0.5, 0.6) is 11.5 Å². The fourth-order valence-corrected chi connectivity index (χ4v) is 10.5. The molecule has 63 heavy (non-hydrogen) atoms. The lowest BCUT2D eigenvalue weighted by molar-refractivity contribution is -0.146. The van der Waals surface area contributed by atoms with E-state index in [4.69, 9.17) is 40.5 Å². The van der Waals surface area contributed by atoms with E-state index < -0.39 is 53.0 Å². The van der Waals surface area contributed by atoms with Crippen LogP contribution in [0.25, 0.3) is 22.3 Å². The Labute approximate surface area is 377 Å². The van der Waals surface area contributed by atoms with Crippen molar-refractivity contribution < 1.29 is 43.2 Å². The molecule has 16 nitrogen and oxygen atoms in total. The number of carbonyl (C=O) groups excluding carboxylic acids is 3. The van der Waals surface area contributed by atoms with Crippen LogP contribution in [0.1, 0.15) is 80.1 Å². The van der Waals surface area contributed by atoms with Crippen molar-refractivity contribution in [1.82, 2.24) is 30.4 Å². The van der Waals surface area contributed by atoms with Gasteiger partial charge in [-0.25, -0.2) is 19.6 Å². The number of nitrogens with zero attached hydrogens (tertiary/aromatic N) is 4. The molecule has 2 unspecified atom stereocenters. The topological polar surface area (TPSA) is 194 Å². The lowest BCUT2D eigenvalue weighted by Gasteiger charge is -2.35. The molecule has 0 spiro atoms. The summed E-state index contributed by atoms with van der Waals surface area (Å²) < 4.78 is 24.3. The predicted molar refractivity (Wildman–Crippen MR) is 238 cm³/mol. The third kappa shape index (κ3) is 9.96. The molecule has 4 heterocycles. The molecule has 8 rings (SSSR count). The molecule has 2 aliphatic heterocycles. The van der Waals surface area contributed by atoms with E-state index in [2.05, 4.69) is 20.9 Å². The van der Waals surface area contributed by atoms with Crippen LogP contribution in [0, 0.1) is 23.2 Å². The number of fused-ring (bicyclic) bond motifs is 2. The maximum Gasteiger partial charge on any atom is 0.408 e. The Morgan fingerprint density at radius 3 is 2.44 bits per heavy atom. The van der Waals surface area contributed by atoms with E-state index in [1.807, 2.05) is 53.0 Å². The second-order valence-electron chi connectivity index (χ2n) is 19.2. The van der Waals surface area contributed by atoms with E-state index >= 15 is 0 Å². The van der Waals surface area contributed by atoms with E-state index in [9.17, 15) is 24.3 Å². The van der Waals surface area contributed by atoms with Gasteiger partial charge < -0.3 is 44.9 Å². The summed E-state index contributed by atoms with van der Waals surface area (Å²) in [5.41, 5.74) is -0.683. The highest BCUT2D eigenvalue weighted by atomic mass is 35.5. The van der Waals surface area contributed by atoms with Gasteiger partial charge in [0.25, 0.3) is 0 Å². The summed E-state index contributed by atoms with van der Waals surface area (Å²) in [5.74, 6) is -0.376. The van der Waals surface area contributed by atoms with Gasteiger partial charge in [-0.05, 0) is 74.8 Å². The maximum absolute atomic E-state index is 14.8. The lowest BCUT2D eigenvalue weighted by Crippen LogP contribution is -2.59. The van der Waals surface area contributed by atoms with Gasteiger partial charge in [0.2, 0.25) is 11.8 Å². The Balaban J connectivity index is 1.09. The van der Waals surface area contributed by atoms with Crippen molar-refractivity contribution in [3.63, 3.8) is 0 Å². The Bertz CT molecular complexity index is 2200. The first-order valence-electron chi connectivity index (χ1n) is 22.3. The number of thiazole rings is 1. The van der Waals surface area contributed by atoms with Crippen LogP contribution >= 0.6 is 22.9 Å². The number of hydrogen-bond donors (Lipinski definition) is 4. The van der Waals surface area contributed by atoms with E-state index in [1.54, 1.807) is 12.1 Å². The molecule has 18 heteroatoms. The lowest BCUT2D eigenvalue weighted by atomic mass is 9.85. The molecule has 8 atom stereocenters. The molecule has 3 saturated carbocycles. The fourth-order valence-electron chi connectivity index (χ4n) is 9.38. The monoisotopic (exact) mass is 909 g/mol. The number of carboxylic acid groups (broad SMARTS) is 1. The first-order valence-corrected chi connectivity index (χ1v) is 23.6. The van der Waals surface area contributed by atoms with Gasteiger partial charge in [-0.2, -0.15) is 0 Å². The summed E-state index contributed by atoms with van der Waals surface area (Å²) in [5, 5.41) is 22.7. The summed E-state index contributed by atoms with van der Waals surface area (Å²) in [4.78, 5) is 68.5. The van der Waals surface area contributed by atoms with Gasteiger partial charge in [-0.1, -0.05) is 45.7 Å². The maximum atomic E-state index is 14.8. The molecule has 5 aliphatic rings. The number of carbonyl (C=O) groups is 4. The second-order valence-corrected chi connectivity index (χ2v) is 20.4. The smallest absolute Gasteiger partial charge is 0.408 e. The van der Waals surface area contributed by atoms with Gasteiger partial charge in [0, 0.05) is 48.9 Å². The summed E-state index contributed by atoms with van der Waals surface area (Å²) >= 11 is 8.55. The quantitative estimate of drug-likeness (QED) is 0.127. The molecule has 5 fully saturated rings. The number of amides is 3. The SMILES string of the molecule is CC[C@H]1C[C@]1(NC(=O)[C@@H]1C[C@@H](Oc2cc(-c3csc(NC(C)C)n3)nc3c(Cl)c(OCCN4CCOCC4)ccc23)CN1C(=O)[C@@H](NC(=O)OC1CC2C[C@@H]2C1)C(C)(C)C)C(=O)O. The van der Waals surface area contributed by atoms with Crippen LogP contribution in [0.4, 0.5) is 9.93 Å². The fraction of sp³-hybridized carbons (Fsp3) is 0.644. The summed E-state index contributed by atoms with van der Waals surface area (Å²) in [7, 11) is 0. The van der Waals surface area contributed by atoms with Crippen molar-refractivity contribution in [1.29, 1.82) is 0 Å². The Kier molecular flexibility index (Phi) is 13.0. The molecule has 342 valence electrons. The number of rotatable bonds is 16. The second kappa shape index (κ2) is 18.2. The summed E-state index contributed by atoms with van der Waals surface area (Å²) in [6.07, 6.45) is 2.11. The molecule has 0 radical (unpaired) electrons. The molecule has 2 saturated heterocycles. The molecule has 2 aromatic heterocycles. The van der Waals surface area contributed by atoms with Crippen LogP contribution in [-0.4, -0.2) is 131 Å². The van der Waals surface area contributed by atoms with Gasteiger partial charge in [-0.15, -0.1) is 11.3 Å². The number of nitrogens with one attached hydrogen (secondary N) is 3. The number of likely N-dealkylation sites (tertiary alicyclic amines) is 1. The Hall–Kier alpha value is -4.45. The zero-order chi connectivity index (χ0) is 44.8. The van der Waals surface area contributed by atoms with Crippen LogP contribution < -0.4 is 25.4 Å². The Morgan fingerprint density at radius 1 is 1.03 bits per heavy atom. The number of carboxylic acids is 1. The van der Waals surface area contributed by atoms with Gasteiger partial charge in [0.05, 0.1) is 31.0 Å². The third-order valence-electron chi connectivity index (χ3n) is 13.1. The standard InChI is InChI=1S/C45H60ClN7O9S/c1-7-27-21-45(27,41(56)57)51-39(54)33-19-29(22-53(33)40(55)38(44(4,5)6)50-43(58)62-28-17-25-16-26(25)18-28)61-35-20-31(32-23-63-42(49-32)47-24(2)3)48-37-30(35)8-9-34(36(37)46)60-15-12-52-10-13-59-14-11-52/h8-9,20,23-29,33,38H,7,10-19,21-22H2,1-6H3,(H,47,49)(H,50,58)(H,51,54)(H,56,57)/t25-,26?,27+,28?,29-,33+,38-,45-/m1/s1. The molecule has 3 aliphatic carbocycles. The number of pyridine rings is 1. The van der Waals surface area contributed by atoms with Crippen LogP contribution in [0.15, 0.2) is 23.6 Å². The van der Waals surface area contributed by atoms with Crippen molar-refractivity contribution in [2.24, 2.45) is 23.2 Å². The first-order chi connectivity index (χ1) is 30.0. The number of halogens is 1. The largest absolute Gasteiger partial charge is 0.491 e. The summed E-state index contributed by atoms with van der Waals surface area (Å²) in [6.45, 7) is 15.6. The predicted octanol–water partition coefficient (Wildman–Crippen LogP) is 6.20. The van der Waals surface area contributed by atoms with Gasteiger partial charge in [0.15, 0.2) is 5.13 Å². The highest BCUT2D eigenvalue weighted by molar-refractivity contribution is 7.14. The summed E-state index contributed by atoms with van der Waals surface area (Å²) in [6, 6.07) is 3.38. The van der Waals surface area contributed by atoms with Crippen molar-refractivity contribution >= 4 is 62.8 Å². The van der Waals surface area contributed by atoms with Crippen molar-refractivity contribution in [2.45, 2.75) is 116 Å². The number of hydrogen-bond acceptors (Lipinski definition) is 13. The number of alkyl carbamates (subject to hydrolysis) is 1. The van der Waals surface area contributed by atoms with Crippen molar-refractivity contribution in [3.8, 4) is 22.9 Å². The average Bonchev–Trinajstić information content (AvgIpc) is 3.91. The van der Waals surface area contributed by atoms with E-state index in [0.717, 1.165) is 31.1 Å². The van der Waals surface area contributed by atoms with Gasteiger partial charge >= 0.3 is 12.1 Å². The molecule has 0 bridgehead atoms. The zero-order valence-corrected chi connectivity index (χ0v) is 38.5. The molecular weight excluding hydrogens is 850 g/mol. The number of aliphatic carboxylic acids is 1. The Morgan fingerprint density at radius 2 is 1.78 bits per heavy atom. The van der Waals surface area contributed by atoms with E-state index in [0.29, 0.717) is 89.9 Å². The van der Waals surface area contributed by atoms with Gasteiger partial charge in [0.1, 0.15) is 58.7 Å². The normalized spacial score (nSPS) is 27.1. The number of aromatic nitrogens is 2. The molecule has 3 aromatic rings. The van der Waals surface area contributed by atoms with Gasteiger partial charge in [-0.3, -0.25) is 14.5 Å². The molecule has 4 N–H and O–H groups in total. The average molecular weight is 911 g/mol. The van der Waals surface area contributed by atoms with Crippen LogP contribution in [0.2, 0.25) is 5.02 Å². The molecular formula is C45H60ClN7O9S. The molecule has 3 amide bonds. The number of morpholine rings is 1. The van der Waals surface area contributed by atoms with Crippen molar-refractivity contribution in [2.75, 3.05) is 51.3 Å². The van der Waals surface area contributed by atoms with E-state index in [-0.39, 0.29) is 31.0 Å². The minimum Gasteiger partial charge on any atom is -0.491 e. The first kappa shape index (κ1) is 45.1. The highest BCUT2D eigenvalue weighted by Crippen LogP contribution is 2.52. The van der Waals surface area contributed by atoms with Crippen molar-refractivity contribution in [3.05, 3.63) is 28.6 Å². The van der Waals surface area contributed by atoms with Crippen LogP contribution in [0.3, 0.4) is 0 Å².